The predicted octanol–water partition coefficient (Wildman–Crippen LogP) is 3.94. The number of piperidine rings is 1. The first-order valence-corrected chi connectivity index (χ1v) is 7.92. The molecule has 1 fully saturated rings. The van der Waals surface area contributed by atoms with Gasteiger partial charge in [-0.05, 0) is 68.1 Å². The van der Waals surface area contributed by atoms with Gasteiger partial charge < -0.3 is 10.1 Å². The van der Waals surface area contributed by atoms with E-state index in [4.69, 9.17) is 27.9 Å². The molecular weight excluding hydrogens is 309 g/mol. The van der Waals surface area contributed by atoms with Crippen molar-refractivity contribution in [2.75, 3.05) is 19.7 Å². The van der Waals surface area contributed by atoms with E-state index in [0.717, 1.165) is 37.1 Å². The molecule has 1 aromatic rings. The van der Waals surface area contributed by atoms with Crippen molar-refractivity contribution in [2.24, 2.45) is 5.92 Å². The fourth-order valence-corrected chi connectivity index (χ4v) is 2.98. The predicted molar refractivity (Wildman–Crippen MR) is 86.7 cm³/mol. The molecule has 1 saturated heterocycles. The Morgan fingerprint density at radius 1 is 1.38 bits per heavy atom. The Balaban J connectivity index is 2.39. The van der Waals surface area contributed by atoms with Crippen LogP contribution < -0.4 is 5.32 Å². The number of hydrogen-bond acceptors (Lipinski definition) is 3. The molecule has 0 aromatic heterocycles. The summed E-state index contributed by atoms with van der Waals surface area (Å²) in [7, 11) is 0. The van der Waals surface area contributed by atoms with E-state index in [2.05, 4.69) is 5.32 Å². The molecule has 5 heteroatoms. The lowest BCUT2D eigenvalue weighted by Gasteiger charge is -2.26. The van der Waals surface area contributed by atoms with Crippen LogP contribution in [0.25, 0.3) is 5.57 Å². The van der Waals surface area contributed by atoms with Gasteiger partial charge in [0.15, 0.2) is 0 Å². The minimum Gasteiger partial charge on any atom is -0.463 e. The summed E-state index contributed by atoms with van der Waals surface area (Å²) < 4.78 is 5.05. The summed E-state index contributed by atoms with van der Waals surface area (Å²) in [5.74, 6) is -0.0475. The molecule has 1 aromatic carbocycles. The van der Waals surface area contributed by atoms with Gasteiger partial charge in [-0.25, -0.2) is 4.79 Å². The van der Waals surface area contributed by atoms with Crippen molar-refractivity contribution in [3.8, 4) is 0 Å². The molecule has 1 heterocycles. The van der Waals surface area contributed by atoms with Crippen LogP contribution in [-0.2, 0) is 9.53 Å². The van der Waals surface area contributed by atoms with Gasteiger partial charge in [0.25, 0.3) is 0 Å². The minimum atomic E-state index is -0.331. The summed E-state index contributed by atoms with van der Waals surface area (Å²) in [6, 6.07) is 5.33. The number of esters is 1. The van der Waals surface area contributed by atoms with Crippen LogP contribution in [0.15, 0.2) is 24.3 Å². The molecule has 1 aliphatic heterocycles. The van der Waals surface area contributed by atoms with Crippen LogP contribution in [0.3, 0.4) is 0 Å². The number of benzene rings is 1. The average Bonchev–Trinajstić information content (AvgIpc) is 2.49. The number of ether oxygens (including phenoxy) is 1. The van der Waals surface area contributed by atoms with Crippen molar-refractivity contribution >= 4 is 34.7 Å². The Hall–Kier alpha value is -1.03. The molecule has 114 valence electrons. The summed E-state index contributed by atoms with van der Waals surface area (Å²) in [6.45, 7) is 4.02. The molecule has 3 nitrogen and oxygen atoms in total. The highest BCUT2D eigenvalue weighted by atomic mass is 35.5. The highest BCUT2D eigenvalue weighted by molar-refractivity contribution is 6.34. The van der Waals surface area contributed by atoms with Crippen molar-refractivity contribution in [2.45, 2.75) is 19.8 Å². The molecule has 1 aliphatic rings. The summed E-state index contributed by atoms with van der Waals surface area (Å²) >= 11 is 12.4. The van der Waals surface area contributed by atoms with E-state index >= 15 is 0 Å². The lowest BCUT2D eigenvalue weighted by atomic mass is 9.85. The SMILES string of the molecule is CCOC(=O)/C=C(/c1cc(Cl)ccc1Cl)C1CCNCC1. The Morgan fingerprint density at radius 2 is 2.10 bits per heavy atom. The van der Waals surface area contributed by atoms with Gasteiger partial charge in [-0.1, -0.05) is 23.2 Å². The number of hydrogen-bond donors (Lipinski definition) is 1. The number of carbonyl (C=O) groups is 1. The van der Waals surface area contributed by atoms with E-state index < -0.39 is 0 Å². The first-order valence-electron chi connectivity index (χ1n) is 7.16. The van der Waals surface area contributed by atoms with Crippen molar-refractivity contribution in [3.63, 3.8) is 0 Å². The third-order valence-corrected chi connectivity index (χ3v) is 4.14. The number of allylic oxidation sites excluding steroid dienone is 1. The molecule has 21 heavy (non-hydrogen) atoms. The van der Waals surface area contributed by atoms with E-state index in [1.165, 1.54) is 0 Å². The molecule has 0 saturated carbocycles. The fourth-order valence-electron chi connectivity index (χ4n) is 2.58. The van der Waals surface area contributed by atoms with Crippen LogP contribution in [0.2, 0.25) is 10.0 Å². The fraction of sp³-hybridized carbons (Fsp3) is 0.438. The van der Waals surface area contributed by atoms with Gasteiger partial charge in [0, 0.05) is 16.1 Å². The highest BCUT2D eigenvalue weighted by Gasteiger charge is 2.22. The molecule has 1 N–H and O–H groups in total. The molecule has 0 aliphatic carbocycles. The first kappa shape index (κ1) is 16.3. The lowest BCUT2D eigenvalue weighted by molar-refractivity contribution is -0.137. The zero-order valence-corrected chi connectivity index (χ0v) is 13.5. The van der Waals surface area contributed by atoms with E-state index in [1.807, 2.05) is 6.07 Å². The van der Waals surface area contributed by atoms with Crippen LogP contribution in [0, 0.1) is 5.92 Å². The number of halogens is 2. The smallest absolute Gasteiger partial charge is 0.331 e. The third-order valence-electron chi connectivity index (χ3n) is 3.58. The molecule has 0 spiro atoms. The second-order valence-electron chi connectivity index (χ2n) is 5.00. The van der Waals surface area contributed by atoms with Crippen LogP contribution in [0.5, 0.6) is 0 Å². The Morgan fingerprint density at radius 3 is 2.76 bits per heavy atom. The van der Waals surface area contributed by atoms with Crippen LogP contribution in [-0.4, -0.2) is 25.7 Å². The number of nitrogens with one attached hydrogen (secondary N) is 1. The van der Waals surface area contributed by atoms with E-state index in [0.29, 0.717) is 16.7 Å². The monoisotopic (exact) mass is 327 g/mol. The Bertz CT molecular complexity index is 537. The summed E-state index contributed by atoms with van der Waals surface area (Å²) in [5.41, 5.74) is 1.74. The lowest BCUT2D eigenvalue weighted by Crippen LogP contribution is -2.28. The second-order valence-corrected chi connectivity index (χ2v) is 5.84. The highest BCUT2D eigenvalue weighted by Crippen LogP contribution is 2.35. The van der Waals surface area contributed by atoms with Gasteiger partial charge in [0.05, 0.1) is 6.61 Å². The van der Waals surface area contributed by atoms with Crippen molar-refractivity contribution in [3.05, 3.63) is 39.9 Å². The molecule has 0 amide bonds. The van der Waals surface area contributed by atoms with Crippen LogP contribution in [0.4, 0.5) is 0 Å². The zero-order chi connectivity index (χ0) is 15.2. The van der Waals surface area contributed by atoms with Crippen LogP contribution in [0.1, 0.15) is 25.3 Å². The van der Waals surface area contributed by atoms with Crippen molar-refractivity contribution in [1.29, 1.82) is 0 Å². The van der Waals surface area contributed by atoms with E-state index in [9.17, 15) is 4.79 Å². The first-order chi connectivity index (χ1) is 10.1. The van der Waals surface area contributed by atoms with Gasteiger partial charge in [-0.2, -0.15) is 0 Å². The van der Waals surface area contributed by atoms with Gasteiger partial charge >= 0.3 is 5.97 Å². The molecular formula is C16H19Cl2NO2. The van der Waals surface area contributed by atoms with Crippen molar-refractivity contribution in [1.82, 2.24) is 5.32 Å². The summed E-state index contributed by atoms with van der Waals surface area (Å²) in [5, 5.41) is 4.54. The Kier molecular flexibility index (Phi) is 6.09. The topological polar surface area (TPSA) is 38.3 Å². The van der Waals surface area contributed by atoms with Gasteiger partial charge in [0.2, 0.25) is 0 Å². The Labute approximate surface area is 135 Å². The second kappa shape index (κ2) is 7.83. The maximum absolute atomic E-state index is 11.9. The molecule has 0 unspecified atom stereocenters. The third kappa shape index (κ3) is 4.47. The van der Waals surface area contributed by atoms with E-state index in [1.54, 1.807) is 25.1 Å². The van der Waals surface area contributed by atoms with Gasteiger partial charge in [0.1, 0.15) is 0 Å². The quantitative estimate of drug-likeness (QED) is 0.672. The molecule has 0 atom stereocenters. The standard InChI is InChI=1S/C16H19Cl2NO2/c1-2-21-16(20)10-13(11-5-7-19-8-6-11)14-9-12(17)3-4-15(14)18/h3-4,9-11,19H,2,5-8H2,1H3/b13-10+. The largest absolute Gasteiger partial charge is 0.463 e. The molecule has 2 rings (SSSR count). The van der Waals surface area contributed by atoms with Crippen LogP contribution >= 0.6 is 23.2 Å². The van der Waals surface area contributed by atoms with Crippen molar-refractivity contribution < 1.29 is 9.53 Å². The number of rotatable bonds is 4. The van der Waals surface area contributed by atoms with E-state index in [-0.39, 0.29) is 11.9 Å². The molecule has 0 bridgehead atoms. The average molecular weight is 328 g/mol. The van der Waals surface area contributed by atoms with Gasteiger partial charge in [-0.15, -0.1) is 0 Å². The summed E-state index contributed by atoms with van der Waals surface area (Å²) in [4.78, 5) is 11.9. The summed E-state index contributed by atoms with van der Waals surface area (Å²) in [6.07, 6.45) is 3.50. The normalized spacial score (nSPS) is 16.8. The minimum absolute atomic E-state index is 0.284. The van der Waals surface area contributed by atoms with Gasteiger partial charge in [-0.3, -0.25) is 0 Å². The zero-order valence-electron chi connectivity index (χ0n) is 12.0. The molecule has 0 radical (unpaired) electrons. The number of carbonyl (C=O) groups excluding carboxylic acids is 1. The maximum Gasteiger partial charge on any atom is 0.331 e. The maximum atomic E-state index is 11.9.